The summed E-state index contributed by atoms with van der Waals surface area (Å²) in [5, 5.41) is 216. The van der Waals surface area contributed by atoms with E-state index in [-0.39, 0.29) is 24.8 Å². The average molecular weight is 1830 g/mol. The van der Waals surface area contributed by atoms with Crippen LogP contribution in [0.15, 0.2) is 11.6 Å². The quantitative estimate of drug-likeness (QED) is 0.0121. The molecule has 8 fully saturated rings. The van der Waals surface area contributed by atoms with Crippen LogP contribution in [-0.4, -0.2) is 411 Å². The summed E-state index contributed by atoms with van der Waals surface area (Å²) in [7, 11) is 1.24. The van der Waals surface area contributed by atoms with E-state index in [2.05, 4.69) is 4.74 Å². The van der Waals surface area contributed by atoms with Crippen molar-refractivity contribution >= 4 is 23.9 Å². The molecule has 8 aliphatic heterocycles. The van der Waals surface area contributed by atoms with Gasteiger partial charge in [0.2, 0.25) is 0 Å². The molecule has 0 spiro atoms. The van der Waals surface area contributed by atoms with E-state index in [4.69, 9.17) is 90.0 Å². The number of allylic oxidation sites excluding steroid dienone is 1. The summed E-state index contributed by atoms with van der Waals surface area (Å²) in [5.74, 6) is -4.74. The molecule has 8 aliphatic rings. The van der Waals surface area contributed by atoms with Gasteiger partial charge in [-0.15, -0.1) is 0 Å². The molecule has 8 saturated heterocycles. The first-order valence-corrected chi connectivity index (χ1v) is 44.2. The van der Waals surface area contributed by atoms with Gasteiger partial charge in [-0.25, -0.2) is 4.79 Å². The highest BCUT2D eigenvalue weighted by atomic mass is 16.8. The van der Waals surface area contributed by atoms with Gasteiger partial charge in [0.15, 0.2) is 68.6 Å². The molecular weight excluding hydrogens is 1680 g/mol. The lowest BCUT2D eigenvalue weighted by molar-refractivity contribution is -0.415. The zero-order chi connectivity index (χ0) is 93.2. The number of methoxy groups -OCH3 is 1. The molecule has 43 heteroatoms. The number of rotatable bonds is 44. The smallest absolute Gasteiger partial charge is 0.333 e. The SMILES string of the molecule is C/C=C(\C)C(=O)O[C@H]1[C@H](O[C@@H]2O[C@H](C)[C@H](O)[C@H](O)[C@H]2O)[C@@H](O)[C@H](O[C@H]2[C@H](O[C@@H]3[C@@H](O[C@@H]4O[C@H](C)[C@H](OC(=O)[C@H](C)[C@@H](C)O)[C@H](O)[C@H]4O)[C@H](C)O[C@@H](O[C@H]4[C@H](O[C@H]5[C@H](O[C@@H](CCC)CCCCCCC[C@H](O)CC(=O)OC)O[C@H](C)[C@H](O)[C@@H]5O)O[C@H](CO)[C@@H](O)[C@@H]4O)[C@@H]3OC(=O)CCCCC[C@H](CCC)O[C@@H]3O[C@H](C)[C@@H](O)[C@H](O)[C@H]3O)O[C@H](CO)[C@@H](O)[C@@H]2O)O[C@@H]1C. The van der Waals surface area contributed by atoms with Crippen molar-refractivity contribution in [3.8, 4) is 0 Å². The summed E-state index contributed by atoms with van der Waals surface area (Å²) in [5.41, 5.74) is 0.0631. The van der Waals surface area contributed by atoms with Gasteiger partial charge in [-0.3, -0.25) is 14.4 Å². The van der Waals surface area contributed by atoms with E-state index in [0.717, 1.165) is 12.8 Å². The second kappa shape index (κ2) is 50.5. The minimum absolute atomic E-state index is 0.0208. The molecule has 45 atom stereocenters. The largest absolute Gasteiger partial charge is 0.469 e. The van der Waals surface area contributed by atoms with Gasteiger partial charge in [0.25, 0.3) is 0 Å². The van der Waals surface area contributed by atoms with E-state index in [1.54, 1.807) is 0 Å². The maximum Gasteiger partial charge on any atom is 0.333 e. The molecule has 8 heterocycles. The summed E-state index contributed by atoms with van der Waals surface area (Å²) in [6, 6.07) is 0. The zero-order valence-electron chi connectivity index (χ0n) is 73.8. The number of carbonyl (C=O) groups is 4. The molecule has 0 saturated carbocycles. The molecule has 8 rings (SSSR count). The summed E-state index contributed by atoms with van der Waals surface area (Å²) < 4.78 is 124. The van der Waals surface area contributed by atoms with Gasteiger partial charge in [-0.2, -0.15) is 0 Å². The number of hydrogen-bond donors (Lipinski definition) is 19. The van der Waals surface area contributed by atoms with E-state index in [0.29, 0.717) is 70.6 Å². The molecule has 732 valence electrons. The Hall–Kier alpha value is -3.78. The molecule has 0 unspecified atom stereocenters. The van der Waals surface area contributed by atoms with E-state index in [1.165, 1.54) is 82.4 Å². The first kappa shape index (κ1) is 108. The van der Waals surface area contributed by atoms with Gasteiger partial charge in [-0.05, 0) is 108 Å². The predicted molar refractivity (Wildman–Crippen MR) is 424 cm³/mol. The second-order valence-corrected chi connectivity index (χ2v) is 34.4. The highest BCUT2D eigenvalue weighted by molar-refractivity contribution is 5.87. The van der Waals surface area contributed by atoms with Gasteiger partial charge in [0, 0.05) is 12.0 Å². The molecule has 43 nitrogen and oxygen atoms in total. The van der Waals surface area contributed by atoms with Gasteiger partial charge in [0.1, 0.15) is 140 Å². The van der Waals surface area contributed by atoms with E-state index in [9.17, 15) is 111 Å². The van der Waals surface area contributed by atoms with Crippen LogP contribution in [0.1, 0.15) is 192 Å². The molecule has 126 heavy (non-hydrogen) atoms. The first-order valence-electron chi connectivity index (χ1n) is 44.2. The van der Waals surface area contributed by atoms with Crippen molar-refractivity contribution in [3.05, 3.63) is 11.6 Å². The lowest BCUT2D eigenvalue weighted by Gasteiger charge is -2.52. The number of esters is 4. The Morgan fingerprint density at radius 1 is 0.357 bits per heavy atom. The fraction of sp³-hybridized carbons (Fsp3) is 0.928. The minimum atomic E-state index is -2.33. The van der Waals surface area contributed by atoms with Crippen molar-refractivity contribution in [3.63, 3.8) is 0 Å². The van der Waals surface area contributed by atoms with E-state index < -0.39 is 319 Å². The van der Waals surface area contributed by atoms with Crippen LogP contribution < -0.4 is 0 Å². The van der Waals surface area contributed by atoms with Crippen molar-refractivity contribution < 1.29 is 211 Å². The third kappa shape index (κ3) is 27.7. The van der Waals surface area contributed by atoms with Crippen LogP contribution >= 0.6 is 0 Å². The van der Waals surface area contributed by atoms with Gasteiger partial charge < -0.3 is 192 Å². The van der Waals surface area contributed by atoms with Crippen LogP contribution in [0.25, 0.3) is 0 Å². The Morgan fingerprint density at radius 2 is 0.738 bits per heavy atom. The number of ether oxygens (including phenoxy) is 20. The van der Waals surface area contributed by atoms with Crippen LogP contribution in [0.3, 0.4) is 0 Å². The Kier molecular flexibility index (Phi) is 43.1. The van der Waals surface area contributed by atoms with Gasteiger partial charge >= 0.3 is 23.9 Å². The maximum absolute atomic E-state index is 15.2. The Labute approximate surface area is 732 Å². The highest BCUT2D eigenvalue weighted by Gasteiger charge is 2.61. The van der Waals surface area contributed by atoms with Crippen molar-refractivity contribution in [2.24, 2.45) is 5.92 Å². The van der Waals surface area contributed by atoms with Crippen molar-refractivity contribution in [1.29, 1.82) is 0 Å². The predicted octanol–water partition coefficient (Wildman–Crippen LogP) is -3.69. The molecule has 0 aromatic carbocycles. The van der Waals surface area contributed by atoms with Crippen LogP contribution in [0.2, 0.25) is 0 Å². The molecular formula is C83H142O43. The third-order valence-electron chi connectivity index (χ3n) is 24.6. The van der Waals surface area contributed by atoms with Crippen molar-refractivity contribution in [2.75, 3.05) is 20.3 Å². The van der Waals surface area contributed by atoms with Crippen LogP contribution in [0, 0.1) is 5.92 Å². The zero-order valence-corrected chi connectivity index (χ0v) is 73.8. The summed E-state index contributed by atoms with van der Waals surface area (Å²) in [6.45, 7) is 15.5. The average Bonchev–Trinajstić information content (AvgIpc) is 0.757. The molecule has 0 aromatic heterocycles. The number of aliphatic hydroxyl groups excluding tert-OH is 19. The fourth-order valence-corrected chi connectivity index (χ4v) is 16.4. The minimum Gasteiger partial charge on any atom is -0.469 e. The number of unbranched alkanes of at least 4 members (excludes halogenated alkanes) is 6. The molecule has 0 bridgehead atoms. The molecule has 0 aliphatic carbocycles. The lowest BCUT2D eigenvalue weighted by atomic mass is 9.95. The summed E-state index contributed by atoms with van der Waals surface area (Å²) >= 11 is 0. The van der Waals surface area contributed by atoms with Crippen LogP contribution in [-0.2, 0) is 114 Å². The normalized spacial score (nSPS) is 42.6. The fourth-order valence-electron chi connectivity index (χ4n) is 16.4. The topological polar surface area (TPSA) is 637 Å². The molecule has 19 N–H and O–H groups in total. The number of carbonyl (C=O) groups excluding carboxylic acids is 4. The first-order chi connectivity index (χ1) is 59.6. The highest BCUT2D eigenvalue weighted by Crippen LogP contribution is 2.42. The molecule has 0 amide bonds. The van der Waals surface area contributed by atoms with Crippen LogP contribution in [0.5, 0.6) is 0 Å². The van der Waals surface area contributed by atoms with Crippen molar-refractivity contribution in [2.45, 2.75) is 462 Å². The van der Waals surface area contributed by atoms with Gasteiger partial charge in [0.05, 0.1) is 93.7 Å². The Balaban J connectivity index is 1.20. The van der Waals surface area contributed by atoms with Gasteiger partial charge in [-0.1, -0.05) is 77.7 Å². The Bertz CT molecular complexity index is 3260. The van der Waals surface area contributed by atoms with Crippen LogP contribution in [0.4, 0.5) is 0 Å². The van der Waals surface area contributed by atoms with E-state index in [1.807, 2.05) is 13.8 Å². The third-order valence-corrected chi connectivity index (χ3v) is 24.6. The van der Waals surface area contributed by atoms with E-state index >= 15 is 4.79 Å². The number of aliphatic hydroxyl groups is 19. The monoisotopic (exact) mass is 1830 g/mol. The Morgan fingerprint density at radius 3 is 1.25 bits per heavy atom. The lowest BCUT2D eigenvalue weighted by Crippen LogP contribution is -2.69. The molecule has 0 aromatic rings. The number of hydrogen-bond acceptors (Lipinski definition) is 43. The summed E-state index contributed by atoms with van der Waals surface area (Å²) in [4.78, 5) is 53.8. The standard InChI is InChI=1S/C83H142O43/c1-14-25-44(114-76-61(101)55(95)50(90)37(7)108-76)29-23-20-24-30-48(88)118-73-72(126-82-70(58(98)53(93)47(33-85)117-82)123-79-64(104)68(66(41(11)112-79)120-74(105)34(4)16-3)122-77-62(102)56(96)51(91)38(8)109-77)67(121-78-63(103)60(100)65(40(10)111-78)119-75(106)35(5)36(6)86)42(12)113-83(73)125-71-59(99)54(94)46(32-84)116-81(71)124-69-57(97)52(92)39(9)110-80(69)115-45(26-15-2)28-22-19-17-18-21-27-43(87)31-49(89)107-13/h16,35-47,50-73,76-87,90-104H,14-15,17-33H2,1-13H3/b34-16+/t35-,36-,37-,38-,39-,40-,41-,42+,43+,44+,45+,46-,47-,50-,51+,52+,53-,54-,55+,56+,57+,58+,59+,60-,61-,62-,63-,64-,65+,66-,67+,68-,69-,70-,71-,72-,73-,76+,77+,78+,79+,80+,81+,82+,83+/m1/s1. The maximum atomic E-state index is 15.2. The summed E-state index contributed by atoms with van der Waals surface area (Å²) in [6.07, 6.45) is -69.2. The molecule has 0 radical (unpaired) electrons. The van der Waals surface area contributed by atoms with Crippen molar-refractivity contribution in [1.82, 2.24) is 0 Å². The second-order valence-electron chi connectivity index (χ2n) is 34.4.